The number of aliphatic hydroxyl groups excluding tert-OH is 5. The number of aliphatic hydroxyl groups is 5. The van der Waals surface area contributed by atoms with Crippen molar-refractivity contribution in [2.45, 2.75) is 281 Å². The van der Waals surface area contributed by atoms with Crippen LogP contribution in [-0.4, -0.2) is 87.5 Å². The molecule has 0 aliphatic carbocycles. The maximum absolute atomic E-state index is 13.1. The van der Waals surface area contributed by atoms with Crippen molar-refractivity contribution in [3.05, 3.63) is 97.2 Å². The summed E-state index contributed by atoms with van der Waals surface area (Å²) in [7, 11) is 0. The van der Waals surface area contributed by atoms with E-state index in [-0.39, 0.29) is 12.5 Å². The van der Waals surface area contributed by atoms with Crippen molar-refractivity contribution in [2.24, 2.45) is 0 Å². The van der Waals surface area contributed by atoms with Crippen LogP contribution in [0.3, 0.4) is 0 Å². The number of hydrogen-bond donors (Lipinski definition) is 6. The monoisotopic (exact) mass is 1010 g/mol. The Hall–Kier alpha value is -2.89. The molecule has 1 saturated heterocycles. The minimum absolute atomic E-state index is 0.154. The van der Waals surface area contributed by atoms with Gasteiger partial charge < -0.3 is 40.3 Å². The van der Waals surface area contributed by atoms with Gasteiger partial charge in [0, 0.05) is 6.42 Å². The summed E-state index contributed by atoms with van der Waals surface area (Å²) in [5.41, 5.74) is 0. The molecule has 414 valence electrons. The summed E-state index contributed by atoms with van der Waals surface area (Å²) >= 11 is 0. The number of nitrogens with one attached hydrogen (secondary N) is 1. The zero-order valence-corrected chi connectivity index (χ0v) is 45.9. The molecule has 1 rings (SSSR count). The van der Waals surface area contributed by atoms with Crippen LogP contribution in [-0.2, 0) is 14.3 Å². The summed E-state index contributed by atoms with van der Waals surface area (Å²) in [4.78, 5) is 13.1. The Morgan fingerprint density at radius 3 is 1.28 bits per heavy atom. The minimum Gasteiger partial charge on any atom is -0.394 e. The predicted molar refractivity (Wildman–Crippen MR) is 304 cm³/mol. The molecule has 0 radical (unpaired) electrons. The average molecular weight is 1010 g/mol. The van der Waals surface area contributed by atoms with E-state index in [0.717, 1.165) is 103 Å². The molecular formula is C63H109NO8. The lowest BCUT2D eigenvalue weighted by Gasteiger charge is -2.40. The highest BCUT2D eigenvalue weighted by atomic mass is 16.7. The van der Waals surface area contributed by atoms with Crippen LogP contribution >= 0.6 is 0 Å². The fraction of sp³-hybridized carbons (Fsp3) is 0.730. The SMILES string of the molecule is CC/C=C\C/C=C\C/C=C\C/C=C\C/C=C\C/C=C\C/C=C\C/C=C\CCCCCCC(=O)NC(COC1OC(CO)C(O)C(O)C1O)C(O)CCCCCCCCCCCCCCCCCCCCCC. The number of hydrogen-bond acceptors (Lipinski definition) is 8. The fourth-order valence-electron chi connectivity index (χ4n) is 8.82. The zero-order valence-electron chi connectivity index (χ0n) is 45.9. The first kappa shape index (κ1) is 67.1. The van der Waals surface area contributed by atoms with E-state index in [1.165, 1.54) is 109 Å². The number of unbranched alkanes of at least 4 members (excludes halogenated alkanes) is 23. The molecule has 72 heavy (non-hydrogen) atoms. The van der Waals surface area contributed by atoms with Crippen molar-refractivity contribution in [2.75, 3.05) is 13.2 Å². The molecule has 9 nitrogen and oxygen atoms in total. The predicted octanol–water partition coefficient (Wildman–Crippen LogP) is 14.8. The van der Waals surface area contributed by atoms with Gasteiger partial charge in [0.2, 0.25) is 5.91 Å². The van der Waals surface area contributed by atoms with E-state index >= 15 is 0 Å². The van der Waals surface area contributed by atoms with Crippen molar-refractivity contribution in [3.63, 3.8) is 0 Å². The van der Waals surface area contributed by atoms with Gasteiger partial charge in [-0.2, -0.15) is 0 Å². The van der Waals surface area contributed by atoms with Crippen molar-refractivity contribution >= 4 is 5.91 Å². The normalized spacial score (nSPS) is 19.9. The van der Waals surface area contributed by atoms with E-state index in [9.17, 15) is 30.3 Å². The number of carbonyl (C=O) groups excluding carboxylic acids is 1. The summed E-state index contributed by atoms with van der Waals surface area (Å²) in [5, 5.41) is 54.7. The van der Waals surface area contributed by atoms with Gasteiger partial charge in [0.1, 0.15) is 24.4 Å². The number of amides is 1. The van der Waals surface area contributed by atoms with Crippen molar-refractivity contribution in [3.8, 4) is 0 Å². The van der Waals surface area contributed by atoms with Crippen LogP contribution in [0.1, 0.15) is 239 Å². The van der Waals surface area contributed by atoms with Crippen molar-refractivity contribution in [1.29, 1.82) is 0 Å². The Bertz CT molecular complexity index is 1450. The quantitative estimate of drug-likeness (QED) is 0.0261. The number of allylic oxidation sites excluding steroid dienone is 16. The first-order valence-corrected chi connectivity index (χ1v) is 29.4. The van der Waals surface area contributed by atoms with Crippen LogP contribution in [0, 0.1) is 0 Å². The first-order chi connectivity index (χ1) is 35.3. The summed E-state index contributed by atoms with van der Waals surface area (Å²) in [6, 6.07) is -0.741. The second-order valence-electron chi connectivity index (χ2n) is 20.1. The minimum atomic E-state index is -1.56. The van der Waals surface area contributed by atoms with E-state index in [2.05, 4.69) is 116 Å². The van der Waals surface area contributed by atoms with Gasteiger partial charge in [0.05, 0.1) is 25.4 Å². The molecule has 0 aromatic heterocycles. The Kier molecular flexibility index (Phi) is 48.1. The van der Waals surface area contributed by atoms with E-state index in [1.54, 1.807) is 0 Å². The lowest BCUT2D eigenvalue weighted by molar-refractivity contribution is -0.302. The smallest absolute Gasteiger partial charge is 0.220 e. The van der Waals surface area contributed by atoms with Crippen LogP contribution in [0.2, 0.25) is 0 Å². The van der Waals surface area contributed by atoms with Gasteiger partial charge in [-0.05, 0) is 77.0 Å². The lowest BCUT2D eigenvalue weighted by Crippen LogP contribution is -2.60. The van der Waals surface area contributed by atoms with E-state index in [0.29, 0.717) is 12.8 Å². The van der Waals surface area contributed by atoms with Gasteiger partial charge in [0.25, 0.3) is 0 Å². The van der Waals surface area contributed by atoms with Crippen LogP contribution in [0.15, 0.2) is 97.2 Å². The van der Waals surface area contributed by atoms with Crippen LogP contribution < -0.4 is 5.32 Å². The molecule has 1 heterocycles. The second kappa shape index (κ2) is 51.6. The molecule has 0 bridgehead atoms. The second-order valence-corrected chi connectivity index (χ2v) is 20.1. The number of rotatable bonds is 49. The third kappa shape index (κ3) is 40.5. The first-order valence-electron chi connectivity index (χ1n) is 29.4. The van der Waals surface area contributed by atoms with Gasteiger partial charge >= 0.3 is 0 Å². The van der Waals surface area contributed by atoms with Gasteiger partial charge in [-0.25, -0.2) is 0 Å². The van der Waals surface area contributed by atoms with Crippen LogP contribution in [0.25, 0.3) is 0 Å². The Morgan fingerprint density at radius 2 is 0.861 bits per heavy atom. The third-order valence-corrected chi connectivity index (χ3v) is 13.5. The van der Waals surface area contributed by atoms with Crippen molar-refractivity contribution < 1.29 is 39.8 Å². The Balaban J connectivity index is 2.25. The number of carbonyl (C=O) groups is 1. The number of ether oxygens (including phenoxy) is 2. The highest BCUT2D eigenvalue weighted by Crippen LogP contribution is 2.23. The Morgan fingerprint density at radius 1 is 0.486 bits per heavy atom. The molecule has 6 N–H and O–H groups in total. The molecule has 0 aromatic carbocycles. The van der Waals surface area contributed by atoms with E-state index in [1.807, 2.05) is 0 Å². The van der Waals surface area contributed by atoms with Gasteiger partial charge in [-0.1, -0.05) is 252 Å². The third-order valence-electron chi connectivity index (χ3n) is 13.5. The van der Waals surface area contributed by atoms with Gasteiger partial charge in [-0.15, -0.1) is 0 Å². The van der Waals surface area contributed by atoms with Crippen LogP contribution in [0.5, 0.6) is 0 Å². The summed E-state index contributed by atoms with van der Waals surface area (Å²) in [6.45, 7) is 3.72. The molecule has 7 atom stereocenters. The molecule has 7 unspecified atom stereocenters. The van der Waals surface area contributed by atoms with Gasteiger partial charge in [-0.3, -0.25) is 4.79 Å². The summed E-state index contributed by atoms with van der Waals surface area (Å²) in [5.74, 6) is -0.171. The largest absolute Gasteiger partial charge is 0.394 e. The molecule has 1 aliphatic heterocycles. The maximum Gasteiger partial charge on any atom is 0.220 e. The molecule has 1 aliphatic rings. The van der Waals surface area contributed by atoms with Crippen molar-refractivity contribution in [1.82, 2.24) is 5.32 Å². The topological polar surface area (TPSA) is 149 Å². The summed E-state index contributed by atoms with van der Waals surface area (Å²) in [6.07, 6.45) is 67.1. The Labute approximate surface area is 441 Å². The molecule has 9 heteroatoms. The molecule has 1 fully saturated rings. The maximum atomic E-state index is 13.1. The van der Waals surface area contributed by atoms with Gasteiger partial charge in [0.15, 0.2) is 6.29 Å². The molecular weight excluding hydrogens is 899 g/mol. The van der Waals surface area contributed by atoms with E-state index < -0.39 is 49.5 Å². The zero-order chi connectivity index (χ0) is 52.2. The molecule has 1 amide bonds. The fourth-order valence-corrected chi connectivity index (χ4v) is 8.82. The highest BCUT2D eigenvalue weighted by molar-refractivity contribution is 5.76. The molecule has 0 saturated carbocycles. The standard InChI is InChI=1S/C63H109NO8/c1-3-5-7-9-11-13-15-17-19-21-23-25-26-27-28-29-30-31-32-33-35-37-39-41-43-45-47-49-51-53-59(67)64-56(55-71-63-62(70)61(69)60(68)58(54-65)72-63)57(66)52-50-48-46-44-42-40-38-36-34-24-22-20-18-16-14-12-10-8-6-4-2/h5,7,11,13,17,19,23,25,27-28,30-31,33,35,39,41,56-58,60-63,65-66,68-70H,3-4,6,8-10,12,14-16,18,20-22,24,26,29,32,34,36-38,40,42-55H2,1-2H3,(H,64,67)/b7-5-,13-11-,19-17-,25-23-,28-27-,31-30-,35-33-,41-39-. The molecule has 0 spiro atoms. The van der Waals surface area contributed by atoms with Crippen LogP contribution in [0.4, 0.5) is 0 Å². The summed E-state index contributed by atoms with van der Waals surface area (Å²) < 4.78 is 11.3. The highest BCUT2D eigenvalue weighted by Gasteiger charge is 2.44. The average Bonchev–Trinajstić information content (AvgIpc) is 3.38. The van der Waals surface area contributed by atoms with E-state index in [4.69, 9.17) is 9.47 Å². The molecule has 0 aromatic rings. The lowest BCUT2D eigenvalue weighted by atomic mass is 9.99.